The average molecular weight is 438 g/mol. The second-order valence-corrected chi connectivity index (χ2v) is 7.94. The first kappa shape index (κ1) is 20.9. The van der Waals surface area contributed by atoms with Crippen molar-refractivity contribution in [2.24, 2.45) is 0 Å². The van der Waals surface area contributed by atoms with Gasteiger partial charge in [-0.25, -0.2) is 0 Å². The van der Waals surface area contributed by atoms with Gasteiger partial charge in [-0.2, -0.15) is 0 Å². The molecule has 3 aromatic rings. The molecule has 0 unspecified atom stereocenters. The van der Waals surface area contributed by atoms with Gasteiger partial charge in [-0.1, -0.05) is 6.07 Å². The molecule has 0 aliphatic carbocycles. The maximum atomic E-state index is 12.6. The Balaban J connectivity index is 1.35. The molecule has 2 aromatic carbocycles. The first-order valence-electron chi connectivity index (χ1n) is 9.92. The van der Waals surface area contributed by atoms with E-state index < -0.39 is 0 Å². The summed E-state index contributed by atoms with van der Waals surface area (Å²) in [6.45, 7) is 0.993. The second-order valence-electron chi connectivity index (χ2n) is 6.97. The van der Waals surface area contributed by atoms with Crippen molar-refractivity contribution >= 4 is 40.2 Å². The van der Waals surface area contributed by atoms with Gasteiger partial charge < -0.3 is 25.1 Å². The van der Waals surface area contributed by atoms with Crippen molar-refractivity contribution in [3.8, 4) is 5.75 Å². The Morgan fingerprint density at radius 2 is 2.10 bits per heavy atom. The zero-order valence-corrected chi connectivity index (χ0v) is 17.9. The van der Waals surface area contributed by atoms with Crippen LogP contribution in [0.4, 0.5) is 5.69 Å². The highest BCUT2D eigenvalue weighted by Gasteiger charge is 2.15. The van der Waals surface area contributed by atoms with E-state index in [0.717, 1.165) is 28.0 Å². The molecule has 7 nitrogen and oxygen atoms in total. The summed E-state index contributed by atoms with van der Waals surface area (Å²) in [4.78, 5) is 28.1. The van der Waals surface area contributed by atoms with E-state index in [1.165, 1.54) is 11.8 Å². The lowest BCUT2D eigenvalue weighted by Gasteiger charge is -2.14. The molecule has 31 heavy (non-hydrogen) atoms. The van der Waals surface area contributed by atoms with Crippen molar-refractivity contribution in [2.75, 3.05) is 31.3 Å². The SMILES string of the molecule is COc1ccc2[nH]cc(CCNC(=O)c3cccc(NC(=O)C4=CSCCO4)c3)c2c1. The van der Waals surface area contributed by atoms with Crippen LogP contribution in [0.3, 0.4) is 0 Å². The van der Waals surface area contributed by atoms with Gasteiger partial charge in [0.2, 0.25) is 0 Å². The van der Waals surface area contributed by atoms with Crippen LogP contribution >= 0.6 is 11.8 Å². The fraction of sp³-hybridized carbons (Fsp3) is 0.217. The highest BCUT2D eigenvalue weighted by molar-refractivity contribution is 8.02. The zero-order chi connectivity index (χ0) is 21.6. The molecule has 0 atom stereocenters. The van der Waals surface area contributed by atoms with Crippen molar-refractivity contribution in [3.05, 3.63) is 71.0 Å². The van der Waals surface area contributed by atoms with E-state index in [2.05, 4.69) is 15.6 Å². The van der Waals surface area contributed by atoms with Crippen LogP contribution < -0.4 is 15.4 Å². The molecule has 1 aromatic heterocycles. The number of benzene rings is 2. The third-order valence-electron chi connectivity index (χ3n) is 4.91. The first-order valence-corrected chi connectivity index (χ1v) is 11.0. The van der Waals surface area contributed by atoms with E-state index in [-0.39, 0.29) is 11.8 Å². The summed E-state index contributed by atoms with van der Waals surface area (Å²) in [5.41, 5.74) is 3.16. The van der Waals surface area contributed by atoms with Crippen LogP contribution in [0, 0.1) is 0 Å². The Bertz CT molecular complexity index is 1140. The number of hydrogen-bond acceptors (Lipinski definition) is 5. The van der Waals surface area contributed by atoms with Gasteiger partial charge in [0.05, 0.1) is 13.7 Å². The van der Waals surface area contributed by atoms with E-state index in [1.807, 2.05) is 24.4 Å². The van der Waals surface area contributed by atoms with Gasteiger partial charge in [0.1, 0.15) is 5.75 Å². The van der Waals surface area contributed by atoms with Gasteiger partial charge in [0.15, 0.2) is 5.76 Å². The van der Waals surface area contributed by atoms with Crippen LogP contribution in [0.5, 0.6) is 5.75 Å². The standard InChI is InChI=1S/C23H23N3O4S/c1-29-18-5-6-20-19(12-18)16(13-25-20)7-8-24-22(27)15-3-2-4-17(11-15)26-23(28)21-14-31-10-9-30-21/h2-6,11-14,25H,7-10H2,1H3,(H,24,27)(H,26,28). The number of anilines is 1. The molecular weight excluding hydrogens is 414 g/mol. The van der Waals surface area contributed by atoms with Gasteiger partial charge >= 0.3 is 0 Å². The Hall–Kier alpha value is -3.39. The topological polar surface area (TPSA) is 92.5 Å². The van der Waals surface area contributed by atoms with E-state index in [1.54, 1.807) is 36.8 Å². The number of amides is 2. The predicted octanol–water partition coefficient (Wildman–Crippen LogP) is 3.69. The second kappa shape index (κ2) is 9.61. The summed E-state index contributed by atoms with van der Waals surface area (Å²) >= 11 is 1.54. The third-order valence-corrected chi connectivity index (χ3v) is 5.69. The van der Waals surface area contributed by atoms with Crippen LogP contribution in [-0.2, 0) is 16.0 Å². The lowest BCUT2D eigenvalue weighted by Crippen LogP contribution is -2.26. The maximum Gasteiger partial charge on any atom is 0.291 e. The predicted molar refractivity (Wildman–Crippen MR) is 122 cm³/mol. The number of ether oxygens (including phenoxy) is 2. The summed E-state index contributed by atoms with van der Waals surface area (Å²) < 4.78 is 10.7. The van der Waals surface area contributed by atoms with Crippen molar-refractivity contribution in [2.45, 2.75) is 6.42 Å². The fourth-order valence-electron chi connectivity index (χ4n) is 3.32. The molecule has 2 heterocycles. The molecule has 3 N–H and O–H groups in total. The fourth-order valence-corrected chi connectivity index (χ4v) is 3.95. The lowest BCUT2D eigenvalue weighted by molar-refractivity contribution is -0.116. The Kier molecular flexibility index (Phi) is 6.47. The van der Waals surface area contributed by atoms with E-state index >= 15 is 0 Å². The third kappa shape index (κ3) is 5.03. The number of aromatic nitrogens is 1. The molecule has 0 radical (unpaired) electrons. The zero-order valence-electron chi connectivity index (χ0n) is 17.1. The van der Waals surface area contributed by atoms with Crippen LogP contribution in [0.25, 0.3) is 10.9 Å². The quantitative estimate of drug-likeness (QED) is 0.524. The minimum absolute atomic E-state index is 0.197. The van der Waals surface area contributed by atoms with Crippen molar-refractivity contribution in [1.82, 2.24) is 10.3 Å². The van der Waals surface area contributed by atoms with Gasteiger partial charge in [0.25, 0.3) is 11.8 Å². The van der Waals surface area contributed by atoms with E-state index in [0.29, 0.717) is 36.6 Å². The van der Waals surface area contributed by atoms with Crippen molar-refractivity contribution < 1.29 is 19.1 Å². The summed E-state index contributed by atoms with van der Waals surface area (Å²) in [6.07, 6.45) is 2.63. The average Bonchev–Trinajstić information content (AvgIpc) is 3.21. The number of hydrogen-bond donors (Lipinski definition) is 3. The van der Waals surface area contributed by atoms with Gasteiger partial charge in [-0.15, -0.1) is 11.8 Å². The molecule has 0 saturated carbocycles. The Morgan fingerprint density at radius 1 is 1.19 bits per heavy atom. The largest absolute Gasteiger partial charge is 0.497 e. The highest BCUT2D eigenvalue weighted by atomic mass is 32.2. The molecule has 8 heteroatoms. The van der Waals surface area contributed by atoms with Crippen LogP contribution in [0.15, 0.2) is 59.8 Å². The first-order chi connectivity index (χ1) is 15.1. The Labute approximate surface area is 184 Å². The molecule has 4 rings (SSSR count). The molecular formula is C23H23N3O4S. The molecule has 0 spiro atoms. The van der Waals surface area contributed by atoms with Gasteiger partial charge in [-0.05, 0) is 48.4 Å². The molecule has 2 amide bonds. The van der Waals surface area contributed by atoms with Crippen LogP contribution in [0.1, 0.15) is 15.9 Å². The number of aromatic amines is 1. The number of H-pyrrole nitrogens is 1. The van der Waals surface area contributed by atoms with Crippen LogP contribution in [0.2, 0.25) is 0 Å². The smallest absolute Gasteiger partial charge is 0.291 e. The molecule has 160 valence electrons. The van der Waals surface area contributed by atoms with Gasteiger partial charge in [0, 0.05) is 46.1 Å². The van der Waals surface area contributed by atoms with E-state index in [4.69, 9.17) is 9.47 Å². The molecule has 1 aliphatic rings. The number of thioether (sulfide) groups is 1. The number of carbonyl (C=O) groups is 2. The summed E-state index contributed by atoms with van der Waals surface area (Å²) in [6, 6.07) is 12.7. The summed E-state index contributed by atoms with van der Waals surface area (Å²) in [5, 5.41) is 8.50. The molecule has 1 aliphatic heterocycles. The number of fused-ring (bicyclic) bond motifs is 1. The van der Waals surface area contributed by atoms with E-state index in [9.17, 15) is 9.59 Å². The molecule has 0 bridgehead atoms. The Morgan fingerprint density at radius 3 is 2.90 bits per heavy atom. The number of methoxy groups -OCH3 is 1. The highest BCUT2D eigenvalue weighted by Crippen LogP contribution is 2.24. The summed E-state index contributed by atoms with van der Waals surface area (Å²) in [5.74, 6) is 1.40. The van der Waals surface area contributed by atoms with Crippen molar-refractivity contribution in [1.29, 1.82) is 0 Å². The maximum absolute atomic E-state index is 12.6. The number of nitrogens with one attached hydrogen (secondary N) is 3. The molecule has 0 saturated heterocycles. The monoisotopic (exact) mass is 437 g/mol. The number of rotatable bonds is 7. The lowest BCUT2D eigenvalue weighted by atomic mass is 10.1. The van der Waals surface area contributed by atoms with Crippen LogP contribution in [-0.4, -0.2) is 42.8 Å². The van der Waals surface area contributed by atoms with Crippen molar-refractivity contribution in [3.63, 3.8) is 0 Å². The minimum atomic E-state index is -0.320. The van der Waals surface area contributed by atoms with Gasteiger partial charge in [-0.3, -0.25) is 9.59 Å². The minimum Gasteiger partial charge on any atom is -0.497 e. The normalized spacial score (nSPS) is 13.3. The summed E-state index contributed by atoms with van der Waals surface area (Å²) in [7, 11) is 1.64. The number of carbonyl (C=O) groups excluding carboxylic acids is 2. The molecule has 0 fully saturated rings.